The van der Waals surface area contributed by atoms with Crippen LogP contribution in [0.2, 0.25) is 5.02 Å². The first-order valence-corrected chi connectivity index (χ1v) is 9.34. The SMILES string of the molecule is Cc1ccc(C)c(NC(=O)c2csc(NC(=O)Nc3ccc(Cl)cc3)n2)c1. The van der Waals surface area contributed by atoms with Gasteiger partial charge in [-0.25, -0.2) is 9.78 Å². The number of amides is 3. The first kappa shape index (κ1) is 18.9. The molecule has 0 fully saturated rings. The lowest BCUT2D eigenvalue weighted by Gasteiger charge is -2.08. The Kier molecular flexibility index (Phi) is 5.73. The second kappa shape index (κ2) is 8.20. The van der Waals surface area contributed by atoms with Crippen molar-refractivity contribution in [3.05, 3.63) is 69.7 Å². The van der Waals surface area contributed by atoms with E-state index in [0.717, 1.165) is 16.8 Å². The third kappa shape index (κ3) is 5.06. The molecule has 1 heterocycles. The molecular formula is C19H17ClN4O2S. The molecule has 27 heavy (non-hydrogen) atoms. The molecule has 1 aromatic heterocycles. The van der Waals surface area contributed by atoms with E-state index in [1.54, 1.807) is 29.6 Å². The van der Waals surface area contributed by atoms with E-state index in [2.05, 4.69) is 20.9 Å². The summed E-state index contributed by atoms with van der Waals surface area (Å²) in [5.41, 5.74) is 3.59. The van der Waals surface area contributed by atoms with Gasteiger partial charge in [-0.1, -0.05) is 23.7 Å². The Morgan fingerprint density at radius 2 is 1.74 bits per heavy atom. The summed E-state index contributed by atoms with van der Waals surface area (Å²) in [5.74, 6) is -0.328. The molecule has 0 saturated carbocycles. The van der Waals surface area contributed by atoms with Gasteiger partial charge in [0.2, 0.25) is 0 Å². The van der Waals surface area contributed by atoms with E-state index in [1.165, 1.54) is 11.3 Å². The number of carbonyl (C=O) groups excluding carboxylic acids is 2. The van der Waals surface area contributed by atoms with Crippen LogP contribution in [0.3, 0.4) is 0 Å². The van der Waals surface area contributed by atoms with Gasteiger partial charge < -0.3 is 10.6 Å². The van der Waals surface area contributed by atoms with Gasteiger partial charge in [-0.2, -0.15) is 0 Å². The molecule has 0 atom stereocenters. The smallest absolute Gasteiger partial charge is 0.320 e. The summed E-state index contributed by atoms with van der Waals surface area (Å²) in [6, 6.07) is 12.1. The lowest BCUT2D eigenvalue weighted by atomic mass is 10.1. The van der Waals surface area contributed by atoms with Gasteiger partial charge in [-0.05, 0) is 55.3 Å². The third-order valence-corrected chi connectivity index (χ3v) is 4.71. The molecule has 0 aliphatic heterocycles. The molecule has 0 unspecified atom stereocenters. The van der Waals surface area contributed by atoms with Crippen LogP contribution >= 0.6 is 22.9 Å². The molecule has 0 saturated heterocycles. The van der Waals surface area contributed by atoms with Crippen LogP contribution in [0.4, 0.5) is 21.3 Å². The van der Waals surface area contributed by atoms with Crippen LogP contribution in [-0.2, 0) is 0 Å². The number of aryl methyl sites for hydroxylation is 2. The average molecular weight is 401 g/mol. The second-order valence-electron chi connectivity index (χ2n) is 5.90. The number of thiazole rings is 1. The van der Waals surface area contributed by atoms with Gasteiger partial charge in [-0.15, -0.1) is 11.3 Å². The Morgan fingerprint density at radius 1 is 1.00 bits per heavy atom. The van der Waals surface area contributed by atoms with Gasteiger partial charge in [0, 0.05) is 21.8 Å². The van der Waals surface area contributed by atoms with Gasteiger partial charge in [0.1, 0.15) is 5.69 Å². The Balaban J connectivity index is 1.62. The molecule has 8 heteroatoms. The molecule has 6 nitrogen and oxygen atoms in total. The van der Waals surface area contributed by atoms with Crippen LogP contribution in [0, 0.1) is 13.8 Å². The number of nitrogens with one attached hydrogen (secondary N) is 3. The molecular weight excluding hydrogens is 384 g/mol. The fourth-order valence-electron chi connectivity index (χ4n) is 2.28. The summed E-state index contributed by atoms with van der Waals surface area (Å²) in [4.78, 5) is 28.6. The lowest BCUT2D eigenvalue weighted by Crippen LogP contribution is -2.19. The predicted molar refractivity (Wildman–Crippen MR) is 110 cm³/mol. The average Bonchev–Trinajstić information content (AvgIpc) is 3.08. The minimum Gasteiger partial charge on any atom is -0.320 e. The van der Waals surface area contributed by atoms with E-state index < -0.39 is 6.03 Å². The number of hydrogen-bond donors (Lipinski definition) is 3. The van der Waals surface area contributed by atoms with Crippen LogP contribution in [-0.4, -0.2) is 16.9 Å². The number of urea groups is 1. The minimum atomic E-state index is -0.451. The van der Waals surface area contributed by atoms with Crippen molar-refractivity contribution < 1.29 is 9.59 Å². The van der Waals surface area contributed by atoms with E-state index in [4.69, 9.17) is 11.6 Å². The summed E-state index contributed by atoms with van der Waals surface area (Å²) >= 11 is 6.98. The molecule has 138 valence electrons. The summed E-state index contributed by atoms with van der Waals surface area (Å²) in [6.45, 7) is 3.88. The highest BCUT2D eigenvalue weighted by Gasteiger charge is 2.14. The highest BCUT2D eigenvalue weighted by atomic mass is 35.5. The van der Waals surface area contributed by atoms with Crippen LogP contribution in [0.5, 0.6) is 0 Å². The fraction of sp³-hybridized carbons (Fsp3) is 0.105. The summed E-state index contributed by atoms with van der Waals surface area (Å²) in [6.07, 6.45) is 0. The monoisotopic (exact) mass is 400 g/mol. The lowest BCUT2D eigenvalue weighted by molar-refractivity contribution is 0.102. The Labute approximate surface area is 165 Å². The van der Waals surface area contributed by atoms with Crippen molar-refractivity contribution in [1.29, 1.82) is 0 Å². The summed E-state index contributed by atoms with van der Waals surface area (Å²) in [5, 5.41) is 10.6. The maximum Gasteiger partial charge on any atom is 0.325 e. The number of aromatic nitrogens is 1. The van der Waals surface area contributed by atoms with Crippen LogP contribution < -0.4 is 16.0 Å². The van der Waals surface area contributed by atoms with Crippen LogP contribution in [0.1, 0.15) is 21.6 Å². The first-order valence-electron chi connectivity index (χ1n) is 8.08. The Hall–Kier alpha value is -2.90. The molecule has 0 spiro atoms. The molecule has 0 radical (unpaired) electrons. The number of hydrogen-bond acceptors (Lipinski definition) is 4. The van der Waals surface area contributed by atoms with Gasteiger partial charge in [-0.3, -0.25) is 10.1 Å². The number of carbonyl (C=O) groups is 2. The largest absolute Gasteiger partial charge is 0.325 e. The quantitative estimate of drug-likeness (QED) is 0.555. The normalized spacial score (nSPS) is 10.3. The molecule has 3 aromatic rings. The topological polar surface area (TPSA) is 83.1 Å². The maximum absolute atomic E-state index is 12.4. The van der Waals surface area contributed by atoms with Gasteiger partial charge in [0.05, 0.1) is 0 Å². The molecule has 2 aromatic carbocycles. The molecule has 0 bridgehead atoms. The standard InChI is InChI=1S/C19H17ClN4O2S/c1-11-3-4-12(2)15(9-11)22-17(25)16-10-27-19(23-16)24-18(26)21-14-7-5-13(20)6-8-14/h3-10H,1-2H3,(H,22,25)(H2,21,23,24,26). The number of nitrogens with zero attached hydrogens (tertiary/aromatic N) is 1. The van der Waals surface area contributed by atoms with E-state index >= 15 is 0 Å². The Bertz CT molecular complexity index is 986. The van der Waals surface area contributed by atoms with Crippen LogP contribution in [0.15, 0.2) is 47.8 Å². The highest BCUT2D eigenvalue weighted by molar-refractivity contribution is 7.14. The van der Waals surface area contributed by atoms with Gasteiger partial charge in [0.15, 0.2) is 5.13 Å². The summed E-state index contributed by atoms with van der Waals surface area (Å²) < 4.78 is 0. The van der Waals surface area contributed by atoms with Crippen molar-refractivity contribution in [1.82, 2.24) is 4.98 Å². The minimum absolute atomic E-state index is 0.239. The van der Waals surface area contributed by atoms with E-state index in [1.807, 2.05) is 32.0 Å². The second-order valence-corrected chi connectivity index (χ2v) is 7.19. The number of halogens is 1. The van der Waals surface area contributed by atoms with Crippen molar-refractivity contribution in [2.24, 2.45) is 0 Å². The predicted octanol–water partition coefficient (Wildman–Crippen LogP) is 5.31. The maximum atomic E-state index is 12.4. The zero-order chi connectivity index (χ0) is 19.4. The fourth-order valence-corrected chi connectivity index (χ4v) is 3.10. The molecule has 3 rings (SSSR count). The van der Waals surface area contributed by atoms with Gasteiger partial charge in [0.25, 0.3) is 5.91 Å². The van der Waals surface area contributed by atoms with E-state index in [0.29, 0.717) is 15.8 Å². The van der Waals surface area contributed by atoms with E-state index in [-0.39, 0.29) is 11.6 Å². The summed E-state index contributed by atoms with van der Waals surface area (Å²) in [7, 11) is 0. The van der Waals surface area contributed by atoms with Crippen molar-refractivity contribution in [2.45, 2.75) is 13.8 Å². The van der Waals surface area contributed by atoms with Crippen LogP contribution in [0.25, 0.3) is 0 Å². The van der Waals surface area contributed by atoms with Crippen molar-refractivity contribution in [3.63, 3.8) is 0 Å². The number of rotatable bonds is 4. The molecule has 3 N–H and O–H groups in total. The zero-order valence-electron chi connectivity index (χ0n) is 14.7. The van der Waals surface area contributed by atoms with Gasteiger partial charge >= 0.3 is 6.03 Å². The van der Waals surface area contributed by atoms with E-state index in [9.17, 15) is 9.59 Å². The van der Waals surface area contributed by atoms with Crippen molar-refractivity contribution in [2.75, 3.05) is 16.0 Å². The molecule has 0 aliphatic carbocycles. The molecule has 3 amide bonds. The zero-order valence-corrected chi connectivity index (χ0v) is 16.2. The number of benzene rings is 2. The first-order chi connectivity index (χ1) is 12.9. The number of anilines is 3. The molecule has 0 aliphatic rings. The third-order valence-electron chi connectivity index (χ3n) is 3.70. The Morgan fingerprint density at radius 3 is 2.48 bits per heavy atom. The van der Waals surface area contributed by atoms with Crippen molar-refractivity contribution in [3.8, 4) is 0 Å². The highest BCUT2D eigenvalue weighted by Crippen LogP contribution is 2.20. The van der Waals surface area contributed by atoms with Crippen molar-refractivity contribution >= 4 is 51.4 Å².